The number of pyridine rings is 1. The first-order valence-electron chi connectivity index (χ1n) is 7.92. The standard InChI is InChI=1S/C18H22N4O3/c1-12(21-17(24)25-18(2,3)4)16(23)22-20-11-14-8-5-7-13-9-6-10-19-15(13)14/h5-12H,1-4H3,(H,21,24)(H,22,23)/b20-11+. The quantitative estimate of drug-likeness (QED) is 0.660. The topological polar surface area (TPSA) is 92.7 Å². The van der Waals surface area contributed by atoms with Crippen molar-refractivity contribution in [1.82, 2.24) is 15.7 Å². The Morgan fingerprint density at radius 3 is 2.68 bits per heavy atom. The number of fused-ring (bicyclic) bond motifs is 1. The summed E-state index contributed by atoms with van der Waals surface area (Å²) < 4.78 is 5.10. The molecule has 1 unspecified atom stereocenters. The molecular formula is C18H22N4O3. The summed E-state index contributed by atoms with van der Waals surface area (Å²) >= 11 is 0. The van der Waals surface area contributed by atoms with Gasteiger partial charge in [-0.25, -0.2) is 10.2 Å². The molecule has 0 fully saturated rings. The van der Waals surface area contributed by atoms with Crippen LogP contribution in [0.15, 0.2) is 41.6 Å². The number of hydrazone groups is 1. The molecule has 132 valence electrons. The van der Waals surface area contributed by atoms with Gasteiger partial charge in [-0.15, -0.1) is 0 Å². The lowest BCUT2D eigenvalue weighted by Crippen LogP contribution is -2.45. The molecule has 1 atom stereocenters. The number of hydrogen-bond donors (Lipinski definition) is 2. The van der Waals surface area contributed by atoms with Crippen molar-refractivity contribution in [2.45, 2.75) is 39.3 Å². The van der Waals surface area contributed by atoms with Crippen LogP contribution in [-0.4, -0.2) is 34.8 Å². The van der Waals surface area contributed by atoms with E-state index in [1.54, 1.807) is 33.9 Å². The zero-order valence-corrected chi connectivity index (χ0v) is 14.7. The van der Waals surface area contributed by atoms with Crippen LogP contribution < -0.4 is 10.7 Å². The van der Waals surface area contributed by atoms with E-state index in [1.807, 2.05) is 30.3 Å². The van der Waals surface area contributed by atoms with E-state index in [9.17, 15) is 9.59 Å². The van der Waals surface area contributed by atoms with Crippen molar-refractivity contribution in [2.24, 2.45) is 5.10 Å². The number of hydrogen-bond acceptors (Lipinski definition) is 5. The fourth-order valence-corrected chi connectivity index (χ4v) is 2.04. The van der Waals surface area contributed by atoms with Gasteiger partial charge in [0.05, 0.1) is 11.7 Å². The number of nitrogens with zero attached hydrogens (tertiary/aromatic N) is 2. The molecule has 7 nitrogen and oxygen atoms in total. The number of rotatable bonds is 4. The molecule has 0 bridgehead atoms. The number of nitrogens with one attached hydrogen (secondary N) is 2. The smallest absolute Gasteiger partial charge is 0.408 e. The van der Waals surface area contributed by atoms with E-state index in [4.69, 9.17) is 4.74 Å². The van der Waals surface area contributed by atoms with Gasteiger partial charge in [0.25, 0.3) is 5.91 Å². The second kappa shape index (κ2) is 7.74. The van der Waals surface area contributed by atoms with Crippen LogP contribution in [0.5, 0.6) is 0 Å². The highest BCUT2D eigenvalue weighted by atomic mass is 16.6. The summed E-state index contributed by atoms with van der Waals surface area (Å²) in [6.45, 7) is 6.80. The van der Waals surface area contributed by atoms with Crippen LogP contribution in [0.1, 0.15) is 33.3 Å². The van der Waals surface area contributed by atoms with Gasteiger partial charge >= 0.3 is 6.09 Å². The monoisotopic (exact) mass is 342 g/mol. The molecule has 2 N–H and O–H groups in total. The minimum atomic E-state index is -0.780. The Labute approximate surface area is 146 Å². The normalized spacial score (nSPS) is 12.8. The SMILES string of the molecule is CC(NC(=O)OC(C)(C)C)C(=O)N/N=C/c1cccc2cccnc12. The Balaban J connectivity index is 1.94. The average Bonchev–Trinajstić information content (AvgIpc) is 2.53. The minimum absolute atomic E-state index is 0.449. The predicted octanol–water partition coefficient (Wildman–Crippen LogP) is 2.60. The molecule has 0 saturated heterocycles. The van der Waals surface area contributed by atoms with Gasteiger partial charge in [-0.2, -0.15) is 5.10 Å². The van der Waals surface area contributed by atoms with Crippen molar-refractivity contribution in [3.63, 3.8) is 0 Å². The van der Waals surface area contributed by atoms with Crippen LogP contribution in [0.2, 0.25) is 0 Å². The molecule has 2 amide bonds. The summed E-state index contributed by atoms with van der Waals surface area (Å²) in [5, 5.41) is 7.38. The van der Waals surface area contributed by atoms with Gasteiger partial charge in [0.1, 0.15) is 11.6 Å². The van der Waals surface area contributed by atoms with Gasteiger partial charge < -0.3 is 10.1 Å². The molecular weight excluding hydrogens is 320 g/mol. The van der Waals surface area contributed by atoms with E-state index in [-0.39, 0.29) is 0 Å². The van der Waals surface area contributed by atoms with E-state index < -0.39 is 23.6 Å². The van der Waals surface area contributed by atoms with E-state index in [2.05, 4.69) is 20.8 Å². The summed E-state index contributed by atoms with van der Waals surface area (Å²) in [6.07, 6.45) is 2.57. The molecule has 1 aromatic carbocycles. The summed E-state index contributed by atoms with van der Waals surface area (Å²) in [5.41, 5.74) is 3.35. The van der Waals surface area contributed by atoms with E-state index in [1.165, 1.54) is 6.21 Å². The van der Waals surface area contributed by atoms with Gasteiger partial charge in [-0.3, -0.25) is 9.78 Å². The molecule has 0 aliphatic rings. The van der Waals surface area contributed by atoms with Crippen LogP contribution in [0, 0.1) is 0 Å². The molecule has 0 aliphatic heterocycles. The Kier molecular flexibility index (Phi) is 5.69. The van der Waals surface area contributed by atoms with Crippen molar-refractivity contribution in [1.29, 1.82) is 0 Å². The van der Waals surface area contributed by atoms with E-state index >= 15 is 0 Å². The highest BCUT2D eigenvalue weighted by Gasteiger charge is 2.20. The molecule has 0 saturated carbocycles. The number of carbonyl (C=O) groups excluding carboxylic acids is 2. The first kappa shape index (κ1) is 18.4. The first-order chi connectivity index (χ1) is 11.8. The van der Waals surface area contributed by atoms with Crippen LogP contribution in [0.3, 0.4) is 0 Å². The summed E-state index contributed by atoms with van der Waals surface area (Å²) in [4.78, 5) is 28.0. The van der Waals surface area contributed by atoms with Crippen LogP contribution in [0.25, 0.3) is 10.9 Å². The van der Waals surface area contributed by atoms with Gasteiger partial charge in [0, 0.05) is 17.1 Å². The van der Waals surface area contributed by atoms with Crippen LogP contribution >= 0.6 is 0 Å². The Morgan fingerprint density at radius 2 is 1.96 bits per heavy atom. The number of benzene rings is 1. The zero-order valence-electron chi connectivity index (χ0n) is 14.7. The second-order valence-electron chi connectivity index (χ2n) is 6.52. The third-order valence-corrected chi connectivity index (χ3v) is 3.17. The summed E-state index contributed by atoms with van der Waals surface area (Å²) in [7, 11) is 0. The van der Waals surface area contributed by atoms with Gasteiger partial charge in [0.2, 0.25) is 0 Å². The number of alkyl carbamates (subject to hydrolysis) is 1. The van der Waals surface area contributed by atoms with Crippen molar-refractivity contribution < 1.29 is 14.3 Å². The second-order valence-corrected chi connectivity index (χ2v) is 6.52. The number of amides is 2. The molecule has 2 aromatic rings. The summed E-state index contributed by atoms with van der Waals surface area (Å²) in [5.74, 6) is -0.449. The molecule has 1 aromatic heterocycles. The molecule has 7 heteroatoms. The molecule has 25 heavy (non-hydrogen) atoms. The molecule has 2 rings (SSSR count). The third-order valence-electron chi connectivity index (χ3n) is 3.17. The lowest BCUT2D eigenvalue weighted by Gasteiger charge is -2.21. The van der Waals surface area contributed by atoms with Crippen molar-refractivity contribution in [2.75, 3.05) is 0 Å². The van der Waals surface area contributed by atoms with Crippen molar-refractivity contribution in [3.8, 4) is 0 Å². The van der Waals surface area contributed by atoms with E-state index in [0.29, 0.717) is 0 Å². The molecule has 0 radical (unpaired) electrons. The maximum Gasteiger partial charge on any atom is 0.408 e. The number of carbonyl (C=O) groups is 2. The Morgan fingerprint density at radius 1 is 1.24 bits per heavy atom. The summed E-state index contributed by atoms with van der Waals surface area (Å²) in [6, 6.07) is 8.72. The third kappa shape index (κ3) is 5.56. The lowest BCUT2D eigenvalue weighted by atomic mass is 10.1. The fourth-order valence-electron chi connectivity index (χ4n) is 2.04. The number of para-hydroxylation sites is 1. The van der Waals surface area contributed by atoms with Crippen molar-refractivity contribution in [3.05, 3.63) is 42.1 Å². The number of ether oxygens (including phenoxy) is 1. The zero-order chi connectivity index (χ0) is 18.4. The van der Waals surface area contributed by atoms with E-state index in [0.717, 1.165) is 16.5 Å². The molecule has 0 spiro atoms. The Bertz CT molecular complexity index is 791. The minimum Gasteiger partial charge on any atom is -0.444 e. The molecule has 1 heterocycles. The lowest BCUT2D eigenvalue weighted by molar-refractivity contribution is -0.122. The van der Waals surface area contributed by atoms with Crippen LogP contribution in [-0.2, 0) is 9.53 Å². The maximum atomic E-state index is 12.0. The highest BCUT2D eigenvalue weighted by molar-refractivity contribution is 5.97. The largest absolute Gasteiger partial charge is 0.444 e. The van der Waals surface area contributed by atoms with Crippen molar-refractivity contribution >= 4 is 29.1 Å². The van der Waals surface area contributed by atoms with Gasteiger partial charge in [-0.1, -0.05) is 24.3 Å². The first-order valence-corrected chi connectivity index (χ1v) is 7.92. The number of aromatic nitrogens is 1. The predicted molar refractivity (Wildman–Crippen MR) is 96.3 cm³/mol. The van der Waals surface area contributed by atoms with Crippen LogP contribution in [0.4, 0.5) is 4.79 Å². The maximum absolute atomic E-state index is 12.0. The Hall–Kier alpha value is -2.96. The van der Waals surface area contributed by atoms with Gasteiger partial charge in [0.15, 0.2) is 0 Å². The molecule has 0 aliphatic carbocycles. The highest BCUT2D eigenvalue weighted by Crippen LogP contribution is 2.13. The fraction of sp³-hybridized carbons (Fsp3) is 0.333. The van der Waals surface area contributed by atoms with Gasteiger partial charge in [-0.05, 0) is 33.8 Å². The average molecular weight is 342 g/mol.